The average Bonchev–Trinajstić information content (AvgIpc) is 2.66. The van der Waals surface area contributed by atoms with E-state index in [9.17, 15) is 23.2 Å². The molecule has 3 amide bonds. The van der Waals surface area contributed by atoms with Crippen molar-refractivity contribution in [3.63, 3.8) is 0 Å². The van der Waals surface area contributed by atoms with Crippen LogP contribution in [0.25, 0.3) is 0 Å². The molecule has 142 valence electrons. The highest BCUT2D eigenvalue weighted by Gasteiger charge is 2.23. The second-order valence-corrected chi connectivity index (χ2v) is 5.80. The molecule has 0 aliphatic rings. The fraction of sp³-hybridized carbons (Fsp3) is 0.211. The van der Waals surface area contributed by atoms with Gasteiger partial charge in [-0.15, -0.1) is 0 Å². The maximum Gasteiger partial charge on any atom is 0.252 e. The molecule has 1 atom stereocenters. The predicted octanol–water partition coefficient (Wildman–Crippen LogP) is 1.82. The highest BCUT2D eigenvalue weighted by Crippen LogP contribution is 2.18. The van der Waals surface area contributed by atoms with Crippen LogP contribution in [0.2, 0.25) is 0 Å². The van der Waals surface area contributed by atoms with Crippen LogP contribution in [-0.4, -0.2) is 24.8 Å². The average molecular weight is 375 g/mol. The van der Waals surface area contributed by atoms with E-state index < -0.39 is 29.5 Å². The molecule has 27 heavy (non-hydrogen) atoms. The molecule has 0 fully saturated rings. The van der Waals surface area contributed by atoms with Crippen molar-refractivity contribution >= 4 is 17.7 Å². The smallest absolute Gasteiger partial charge is 0.252 e. The van der Waals surface area contributed by atoms with Gasteiger partial charge in [-0.1, -0.05) is 18.2 Å². The zero-order valence-corrected chi connectivity index (χ0v) is 14.8. The standard InChI is InChI=1S/C19H19F2N3O3/c1-11(25)23-10-12-3-5-13(6-4-12)18(26)24-17(19(27)22-2)14-7-8-15(20)16(21)9-14/h3-9,17H,10H2,1-2H3,(H,22,27)(H,23,25)(H,24,26). The van der Waals surface area contributed by atoms with Crippen molar-refractivity contribution in [2.75, 3.05) is 7.05 Å². The first kappa shape index (κ1) is 20.0. The van der Waals surface area contributed by atoms with Crippen LogP contribution in [0.5, 0.6) is 0 Å². The van der Waals surface area contributed by atoms with Gasteiger partial charge in [-0.05, 0) is 35.4 Å². The third kappa shape index (κ3) is 5.34. The van der Waals surface area contributed by atoms with Crippen molar-refractivity contribution in [1.82, 2.24) is 16.0 Å². The molecule has 8 heteroatoms. The Morgan fingerprint density at radius 2 is 1.67 bits per heavy atom. The van der Waals surface area contributed by atoms with Gasteiger partial charge in [-0.3, -0.25) is 14.4 Å². The van der Waals surface area contributed by atoms with Gasteiger partial charge in [0.05, 0.1) is 0 Å². The summed E-state index contributed by atoms with van der Waals surface area (Å²) in [6.07, 6.45) is 0. The number of hydrogen-bond acceptors (Lipinski definition) is 3. The van der Waals surface area contributed by atoms with Crippen LogP contribution in [0, 0.1) is 11.6 Å². The van der Waals surface area contributed by atoms with E-state index in [1.807, 2.05) is 0 Å². The van der Waals surface area contributed by atoms with Crippen LogP contribution in [0.15, 0.2) is 42.5 Å². The zero-order chi connectivity index (χ0) is 20.0. The molecule has 2 aromatic rings. The van der Waals surface area contributed by atoms with Crippen molar-refractivity contribution in [3.8, 4) is 0 Å². The summed E-state index contributed by atoms with van der Waals surface area (Å²) in [4.78, 5) is 35.5. The maximum absolute atomic E-state index is 13.5. The third-order valence-corrected chi connectivity index (χ3v) is 3.82. The molecule has 3 N–H and O–H groups in total. The summed E-state index contributed by atoms with van der Waals surface area (Å²) in [6.45, 7) is 1.73. The summed E-state index contributed by atoms with van der Waals surface area (Å²) in [5.41, 5.74) is 1.19. The number of nitrogens with one attached hydrogen (secondary N) is 3. The monoisotopic (exact) mass is 375 g/mol. The van der Waals surface area contributed by atoms with E-state index in [1.54, 1.807) is 24.3 Å². The summed E-state index contributed by atoms with van der Waals surface area (Å²) < 4.78 is 26.6. The molecule has 2 aromatic carbocycles. The molecule has 2 rings (SSSR count). The van der Waals surface area contributed by atoms with Gasteiger partial charge in [0, 0.05) is 26.1 Å². The van der Waals surface area contributed by atoms with Gasteiger partial charge < -0.3 is 16.0 Å². The number of carbonyl (C=O) groups excluding carboxylic acids is 3. The Bertz CT molecular complexity index is 854. The first-order chi connectivity index (χ1) is 12.8. The summed E-state index contributed by atoms with van der Waals surface area (Å²) in [6, 6.07) is 8.22. The molecule has 0 heterocycles. The lowest BCUT2D eigenvalue weighted by Crippen LogP contribution is -2.39. The lowest BCUT2D eigenvalue weighted by atomic mass is 10.0. The Labute approximate surface area is 155 Å². The quantitative estimate of drug-likeness (QED) is 0.720. The van der Waals surface area contributed by atoms with Crippen LogP contribution < -0.4 is 16.0 Å². The van der Waals surface area contributed by atoms with Gasteiger partial charge >= 0.3 is 0 Å². The highest BCUT2D eigenvalue weighted by atomic mass is 19.2. The minimum absolute atomic E-state index is 0.115. The van der Waals surface area contributed by atoms with Crippen LogP contribution in [0.1, 0.15) is 34.5 Å². The molecule has 0 aromatic heterocycles. The van der Waals surface area contributed by atoms with Gasteiger partial charge in [-0.25, -0.2) is 8.78 Å². The summed E-state index contributed by atoms with van der Waals surface area (Å²) >= 11 is 0. The molecule has 0 radical (unpaired) electrons. The van der Waals surface area contributed by atoms with E-state index in [1.165, 1.54) is 20.0 Å². The summed E-state index contributed by atoms with van der Waals surface area (Å²) in [5.74, 6) is -3.46. The Morgan fingerprint density at radius 3 is 2.22 bits per heavy atom. The molecular formula is C19H19F2N3O3. The Balaban J connectivity index is 2.17. The SMILES string of the molecule is CNC(=O)C(NC(=O)c1ccc(CNC(C)=O)cc1)c1ccc(F)c(F)c1. The van der Waals surface area contributed by atoms with E-state index in [-0.39, 0.29) is 17.0 Å². The molecule has 0 spiro atoms. The topological polar surface area (TPSA) is 87.3 Å². The molecule has 0 saturated carbocycles. The largest absolute Gasteiger partial charge is 0.357 e. The van der Waals surface area contributed by atoms with Crippen LogP contribution in [-0.2, 0) is 16.1 Å². The van der Waals surface area contributed by atoms with E-state index in [0.717, 1.165) is 17.7 Å². The fourth-order valence-electron chi connectivity index (χ4n) is 2.35. The maximum atomic E-state index is 13.5. The Morgan fingerprint density at radius 1 is 1.00 bits per heavy atom. The van der Waals surface area contributed by atoms with E-state index in [0.29, 0.717) is 6.54 Å². The van der Waals surface area contributed by atoms with Gasteiger partial charge in [-0.2, -0.15) is 0 Å². The third-order valence-electron chi connectivity index (χ3n) is 3.82. The fourth-order valence-corrected chi connectivity index (χ4v) is 2.35. The number of benzene rings is 2. The first-order valence-corrected chi connectivity index (χ1v) is 8.12. The van der Waals surface area contributed by atoms with Gasteiger partial charge in [0.25, 0.3) is 5.91 Å². The zero-order valence-electron chi connectivity index (χ0n) is 14.8. The number of hydrogen-bond donors (Lipinski definition) is 3. The number of amides is 3. The molecule has 0 bridgehead atoms. The Hall–Kier alpha value is -3.29. The lowest BCUT2D eigenvalue weighted by molar-refractivity contribution is -0.122. The molecule has 1 unspecified atom stereocenters. The Kier molecular flexibility index (Phi) is 6.59. The van der Waals surface area contributed by atoms with Crippen molar-refractivity contribution in [1.29, 1.82) is 0 Å². The number of halogens is 2. The van der Waals surface area contributed by atoms with Crippen molar-refractivity contribution in [2.24, 2.45) is 0 Å². The van der Waals surface area contributed by atoms with Gasteiger partial charge in [0.1, 0.15) is 6.04 Å². The first-order valence-electron chi connectivity index (χ1n) is 8.12. The number of rotatable bonds is 6. The van der Waals surface area contributed by atoms with E-state index in [2.05, 4.69) is 16.0 Å². The van der Waals surface area contributed by atoms with Crippen LogP contribution >= 0.6 is 0 Å². The second kappa shape index (κ2) is 8.88. The molecule has 0 aliphatic carbocycles. The molecular weight excluding hydrogens is 356 g/mol. The van der Waals surface area contributed by atoms with Crippen LogP contribution in [0.4, 0.5) is 8.78 Å². The second-order valence-electron chi connectivity index (χ2n) is 5.80. The van der Waals surface area contributed by atoms with E-state index in [4.69, 9.17) is 0 Å². The van der Waals surface area contributed by atoms with Crippen molar-refractivity contribution < 1.29 is 23.2 Å². The number of carbonyl (C=O) groups is 3. The number of likely N-dealkylation sites (N-methyl/N-ethyl adjacent to an activating group) is 1. The van der Waals surface area contributed by atoms with Crippen molar-refractivity contribution in [3.05, 3.63) is 70.8 Å². The predicted molar refractivity (Wildman–Crippen MR) is 94.6 cm³/mol. The normalized spacial score (nSPS) is 11.4. The van der Waals surface area contributed by atoms with Crippen molar-refractivity contribution in [2.45, 2.75) is 19.5 Å². The molecule has 0 saturated heterocycles. The minimum atomic E-state index is -1.18. The van der Waals surface area contributed by atoms with E-state index >= 15 is 0 Å². The molecule has 0 aliphatic heterocycles. The summed E-state index contributed by atoms with van der Waals surface area (Å²) in [5, 5.41) is 7.53. The van der Waals surface area contributed by atoms with Crippen LogP contribution in [0.3, 0.4) is 0 Å². The summed E-state index contributed by atoms with van der Waals surface area (Å²) in [7, 11) is 1.37. The highest BCUT2D eigenvalue weighted by molar-refractivity contribution is 5.97. The lowest BCUT2D eigenvalue weighted by Gasteiger charge is -2.18. The minimum Gasteiger partial charge on any atom is -0.357 e. The van der Waals surface area contributed by atoms with Gasteiger partial charge in [0.15, 0.2) is 11.6 Å². The molecule has 6 nitrogen and oxygen atoms in total. The van der Waals surface area contributed by atoms with Gasteiger partial charge in [0.2, 0.25) is 11.8 Å².